The van der Waals surface area contributed by atoms with Gasteiger partial charge < -0.3 is 10.5 Å². The number of nitrogens with zero attached hydrogens (tertiary/aromatic N) is 2. The number of benzene rings is 1. The largest absolute Gasteiger partial charge is 0.494 e. The molecule has 17 heavy (non-hydrogen) atoms. The Bertz CT molecular complexity index is 531. The van der Waals surface area contributed by atoms with E-state index in [1.807, 2.05) is 31.2 Å². The number of hydrogen-bond donors (Lipinski definition) is 1. The summed E-state index contributed by atoms with van der Waals surface area (Å²) in [6.07, 6.45) is 1.64. The Morgan fingerprint density at radius 1 is 1.41 bits per heavy atom. The van der Waals surface area contributed by atoms with E-state index >= 15 is 0 Å². The average molecular weight is 294 g/mol. The lowest BCUT2D eigenvalue weighted by molar-refractivity contribution is 0.340. The van der Waals surface area contributed by atoms with Crippen molar-refractivity contribution in [3.05, 3.63) is 34.9 Å². The highest BCUT2D eigenvalue weighted by Gasteiger charge is 2.05. The number of hydrogen-bond acceptors (Lipinski definition) is 4. The molecule has 2 N–H and O–H groups in total. The molecule has 0 aliphatic heterocycles. The lowest BCUT2D eigenvalue weighted by Gasteiger charge is -2.06. The minimum Gasteiger partial charge on any atom is -0.494 e. The Morgan fingerprint density at radius 3 is 2.94 bits per heavy atom. The number of nitrogen functional groups attached to an aromatic ring is 1. The third-order valence-electron chi connectivity index (χ3n) is 2.17. The van der Waals surface area contributed by atoms with Gasteiger partial charge >= 0.3 is 0 Å². The van der Waals surface area contributed by atoms with E-state index in [-0.39, 0.29) is 0 Å². The van der Waals surface area contributed by atoms with Crippen molar-refractivity contribution in [2.75, 3.05) is 12.3 Å². The van der Waals surface area contributed by atoms with Crippen LogP contribution in [0.15, 0.2) is 34.9 Å². The maximum Gasteiger partial charge on any atom is 0.161 e. The molecule has 0 amide bonds. The predicted octanol–water partition coefficient (Wildman–Crippen LogP) is 2.89. The summed E-state index contributed by atoms with van der Waals surface area (Å²) in [5, 5.41) is 0. The normalized spacial score (nSPS) is 10.2. The first-order valence-corrected chi connectivity index (χ1v) is 6.01. The monoisotopic (exact) mass is 293 g/mol. The third-order valence-corrected chi connectivity index (χ3v) is 2.79. The molecule has 0 aliphatic rings. The summed E-state index contributed by atoms with van der Waals surface area (Å²) < 4.78 is 6.12. The zero-order valence-corrected chi connectivity index (χ0v) is 10.9. The van der Waals surface area contributed by atoms with E-state index in [1.165, 1.54) is 0 Å². The topological polar surface area (TPSA) is 61.0 Å². The summed E-state index contributed by atoms with van der Waals surface area (Å²) in [5.41, 5.74) is 6.61. The van der Waals surface area contributed by atoms with Crippen molar-refractivity contribution in [2.45, 2.75) is 6.92 Å². The molecule has 2 rings (SSSR count). The highest BCUT2D eigenvalue weighted by Crippen LogP contribution is 2.23. The fourth-order valence-electron chi connectivity index (χ4n) is 1.41. The molecule has 0 bridgehead atoms. The molecule has 5 heteroatoms. The maximum atomic E-state index is 5.73. The predicted molar refractivity (Wildman–Crippen MR) is 70.7 cm³/mol. The van der Waals surface area contributed by atoms with E-state index in [1.54, 1.807) is 6.20 Å². The molecule has 1 aromatic carbocycles. The Balaban J connectivity index is 2.38. The standard InChI is InChI=1S/C12H12BrN3O/c1-2-17-9-5-3-4-8(6-9)12-15-7-10(13)11(14)16-12/h3-7H,2H2,1H3,(H2,14,15,16). The van der Waals surface area contributed by atoms with Crippen LogP contribution in [-0.4, -0.2) is 16.6 Å². The number of ether oxygens (including phenoxy) is 1. The second-order valence-electron chi connectivity index (χ2n) is 3.39. The van der Waals surface area contributed by atoms with Crippen LogP contribution in [0.2, 0.25) is 0 Å². The molecule has 1 aromatic heterocycles. The summed E-state index contributed by atoms with van der Waals surface area (Å²) in [6, 6.07) is 7.62. The Hall–Kier alpha value is -1.62. The zero-order valence-electron chi connectivity index (χ0n) is 9.35. The molecule has 2 aromatic rings. The number of aromatic nitrogens is 2. The molecular weight excluding hydrogens is 282 g/mol. The SMILES string of the molecule is CCOc1cccc(-c2ncc(Br)c(N)n2)c1. The molecule has 0 spiro atoms. The van der Waals surface area contributed by atoms with Gasteiger partial charge in [-0.25, -0.2) is 9.97 Å². The number of rotatable bonds is 3. The van der Waals surface area contributed by atoms with E-state index in [4.69, 9.17) is 10.5 Å². The lowest BCUT2D eigenvalue weighted by Crippen LogP contribution is -1.97. The molecule has 0 atom stereocenters. The van der Waals surface area contributed by atoms with Crippen molar-refractivity contribution in [2.24, 2.45) is 0 Å². The van der Waals surface area contributed by atoms with Crippen LogP contribution in [0.1, 0.15) is 6.92 Å². The number of halogens is 1. The van der Waals surface area contributed by atoms with Crippen LogP contribution in [0.25, 0.3) is 11.4 Å². The first-order chi connectivity index (χ1) is 8.20. The van der Waals surface area contributed by atoms with Gasteiger partial charge in [-0.15, -0.1) is 0 Å². The van der Waals surface area contributed by atoms with Gasteiger partial charge in [-0.05, 0) is 35.0 Å². The Kier molecular flexibility index (Phi) is 3.58. The van der Waals surface area contributed by atoms with E-state index in [2.05, 4.69) is 25.9 Å². The Morgan fingerprint density at radius 2 is 2.24 bits per heavy atom. The zero-order chi connectivity index (χ0) is 12.3. The van der Waals surface area contributed by atoms with Crippen LogP contribution in [0.4, 0.5) is 5.82 Å². The second-order valence-corrected chi connectivity index (χ2v) is 4.24. The van der Waals surface area contributed by atoms with E-state index in [0.29, 0.717) is 22.7 Å². The summed E-state index contributed by atoms with van der Waals surface area (Å²) >= 11 is 3.27. The number of nitrogens with two attached hydrogens (primary N) is 1. The summed E-state index contributed by atoms with van der Waals surface area (Å²) in [6.45, 7) is 2.58. The van der Waals surface area contributed by atoms with Crippen LogP contribution < -0.4 is 10.5 Å². The third kappa shape index (κ3) is 2.74. The molecule has 0 saturated carbocycles. The van der Waals surface area contributed by atoms with Gasteiger partial charge in [0.05, 0.1) is 11.1 Å². The first-order valence-electron chi connectivity index (χ1n) is 5.22. The minimum absolute atomic E-state index is 0.428. The highest BCUT2D eigenvalue weighted by molar-refractivity contribution is 9.10. The Labute approximate surface area is 108 Å². The van der Waals surface area contributed by atoms with E-state index < -0.39 is 0 Å². The molecule has 1 heterocycles. The van der Waals surface area contributed by atoms with E-state index in [0.717, 1.165) is 11.3 Å². The first kappa shape index (κ1) is 11.9. The van der Waals surface area contributed by atoms with Crippen LogP contribution in [0, 0.1) is 0 Å². The fourth-order valence-corrected chi connectivity index (χ4v) is 1.60. The summed E-state index contributed by atoms with van der Waals surface area (Å²) in [4.78, 5) is 8.43. The van der Waals surface area contributed by atoms with Crippen molar-refractivity contribution < 1.29 is 4.74 Å². The van der Waals surface area contributed by atoms with E-state index in [9.17, 15) is 0 Å². The maximum absolute atomic E-state index is 5.73. The molecule has 0 fully saturated rings. The number of anilines is 1. The van der Waals surface area contributed by atoms with Crippen molar-refractivity contribution in [3.63, 3.8) is 0 Å². The molecule has 4 nitrogen and oxygen atoms in total. The quantitative estimate of drug-likeness (QED) is 0.945. The van der Waals surface area contributed by atoms with Gasteiger partial charge in [-0.2, -0.15) is 0 Å². The summed E-state index contributed by atoms with van der Waals surface area (Å²) in [7, 11) is 0. The fraction of sp³-hybridized carbons (Fsp3) is 0.167. The van der Waals surface area contributed by atoms with Gasteiger partial charge in [-0.3, -0.25) is 0 Å². The minimum atomic E-state index is 0.428. The molecule has 88 valence electrons. The van der Waals surface area contributed by atoms with Gasteiger partial charge in [0.15, 0.2) is 5.82 Å². The van der Waals surface area contributed by atoms with Crippen LogP contribution >= 0.6 is 15.9 Å². The molecule has 0 unspecified atom stereocenters. The van der Waals surface area contributed by atoms with Gasteiger partial charge in [0.25, 0.3) is 0 Å². The highest BCUT2D eigenvalue weighted by atomic mass is 79.9. The molecule has 0 radical (unpaired) electrons. The van der Waals surface area contributed by atoms with Crippen molar-refractivity contribution in [1.29, 1.82) is 0 Å². The molecule has 0 saturated heterocycles. The molecular formula is C12H12BrN3O. The van der Waals surface area contributed by atoms with Gasteiger partial charge in [-0.1, -0.05) is 12.1 Å². The van der Waals surface area contributed by atoms with Gasteiger partial charge in [0, 0.05) is 11.8 Å². The lowest BCUT2D eigenvalue weighted by atomic mass is 10.2. The summed E-state index contributed by atoms with van der Waals surface area (Å²) in [5.74, 6) is 1.82. The van der Waals surface area contributed by atoms with Crippen LogP contribution in [0.5, 0.6) is 5.75 Å². The van der Waals surface area contributed by atoms with Crippen molar-refractivity contribution >= 4 is 21.7 Å². The van der Waals surface area contributed by atoms with Gasteiger partial charge in [0.1, 0.15) is 11.6 Å². The average Bonchev–Trinajstić information content (AvgIpc) is 2.33. The molecule has 0 aliphatic carbocycles. The van der Waals surface area contributed by atoms with Crippen molar-refractivity contribution in [1.82, 2.24) is 9.97 Å². The van der Waals surface area contributed by atoms with Crippen LogP contribution in [0.3, 0.4) is 0 Å². The van der Waals surface area contributed by atoms with Gasteiger partial charge in [0.2, 0.25) is 0 Å². The second kappa shape index (κ2) is 5.14. The van der Waals surface area contributed by atoms with Crippen LogP contribution in [-0.2, 0) is 0 Å². The van der Waals surface area contributed by atoms with Crippen molar-refractivity contribution in [3.8, 4) is 17.1 Å². The smallest absolute Gasteiger partial charge is 0.161 e.